The van der Waals surface area contributed by atoms with Crippen molar-refractivity contribution in [3.63, 3.8) is 0 Å². The standard InChI is InChI=1S/C30H29ClN2O6/c1-38-10-7-25(26(34)11-18-3-6-24(32-16-18)29(37)39-2)33-17-23-22(13-28(33)36)21-12-20(31)5-4-19(21)14-30(8-9-30)15-27(23)35/h3-6,12-13,16-17,25H,7-11,14-15H2,1-2H3. The van der Waals surface area contributed by atoms with E-state index in [-0.39, 0.29) is 47.7 Å². The third-order valence-corrected chi connectivity index (χ3v) is 7.94. The molecule has 0 N–H and O–H groups in total. The number of fused-ring (bicyclic) bond motifs is 3. The van der Waals surface area contributed by atoms with Crippen LogP contribution in [-0.4, -0.2) is 47.9 Å². The van der Waals surface area contributed by atoms with Crippen LogP contribution in [0, 0.1) is 5.41 Å². The van der Waals surface area contributed by atoms with Gasteiger partial charge >= 0.3 is 5.97 Å². The molecular formula is C30H29ClN2O6. The number of carbonyl (C=O) groups is 3. The number of benzene rings is 1. The molecule has 3 aromatic rings. The summed E-state index contributed by atoms with van der Waals surface area (Å²) in [6.07, 6.45) is 6.36. The minimum absolute atomic E-state index is 0.0120. The topological polar surface area (TPSA) is 105 Å². The lowest BCUT2D eigenvalue weighted by Crippen LogP contribution is -2.32. The van der Waals surface area contributed by atoms with Crippen LogP contribution in [0.2, 0.25) is 5.02 Å². The van der Waals surface area contributed by atoms with Gasteiger partial charge in [0.1, 0.15) is 5.69 Å². The molecule has 1 unspecified atom stereocenters. The Bertz CT molecular complexity index is 1510. The Kier molecular flexibility index (Phi) is 7.51. The van der Waals surface area contributed by atoms with Crippen LogP contribution in [0.1, 0.15) is 63.7 Å². The maximum atomic E-state index is 13.6. The van der Waals surface area contributed by atoms with Gasteiger partial charge in [0.25, 0.3) is 5.56 Å². The van der Waals surface area contributed by atoms with Crippen molar-refractivity contribution in [1.82, 2.24) is 9.55 Å². The summed E-state index contributed by atoms with van der Waals surface area (Å²) in [5.41, 5.74) is 3.10. The van der Waals surface area contributed by atoms with E-state index in [9.17, 15) is 19.2 Å². The number of ether oxygens (including phenoxy) is 2. The Morgan fingerprint density at radius 3 is 2.51 bits per heavy atom. The van der Waals surface area contributed by atoms with E-state index in [0.29, 0.717) is 28.1 Å². The van der Waals surface area contributed by atoms with Crippen LogP contribution in [0.5, 0.6) is 0 Å². The maximum absolute atomic E-state index is 13.6. The molecule has 2 aromatic heterocycles. The van der Waals surface area contributed by atoms with Crippen molar-refractivity contribution in [3.8, 4) is 11.1 Å². The molecular weight excluding hydrogens is 520 g/mol. The van der Waals surface area contributed by atoms with Gasteiger partial charge in [0.15, 0.2) is 11.6 Å². The fourth-order valence-corrected chi connectivity index (χ4v) is 5.55. The van der Waals surface area contributed by atoms with Crippen LogP contribution >= 0.6 is 11.6 Å². The first-order chi connectivity index (χ1) is 18.7. The average Bonchev–Trinajstić information content (AvgIpc) is 3.68. The number of esters is 1. The molecule has 0 amide bonds. The lowest BCUT2D eigenvalue weighted by Gasteiger charge is -2.25. The smallest absolute Gasteiger partial charge is 0.356 e. The van der Waals surface area contributed by atoms with E-state index in [4.69, 9.17) is 16.3 Å². The summed E-state index contributed by atoms with van der Waals surface area (Å²) in [6, 6.07) is 9.35. The fourth-order valence-electron chi connectivity index (χ4n) is 5.38. The van der Waals surface area contributed by atoms with E-state index in [1.165, 1.54) is 37.1 Å². The van der Waals surface area contributed by atoms with Crippen LogP contribution in [0.4, 0.5) is 0 Å². The van der Waals surface area contributed by atoms with Crippen molar-refractivity contribution in [1.29, 1.82) is 0 Å². The average molecular weight is 549 g/mol. The predicted octanol–water partition coefficient (Wildman–Crippen LogP) is 4.65. The molecule has 202 valence electrons. The van der Waals surface area contributed by atoms with E-state index in [1.54, 1.807) is 12.3 Å². The Hall–Kier alpha value is -3.62. The van der Waals surface area contributed by atoms with Crippen molar-refractivity contribution in [2.24, 2.45) is 5.41 Å². The van der Waals surface area contributed by atoms with Crippen molar-refractivity contribution in [2.75, 3.05) is 20.8 Å². The van der Waals surface area contributed by atoms with Gasteiger partial charge in [-0.25, -0.2) is 9.78 Å². The normalized spacial score (nSPS) is 16.0. The Balaban J connectivity index is 1.54. The number of rotatable bonds is 8. The number of Topliss-reactive ketones (excluding diaryl/α,β-unsaturated/α-hetero) is 2. The highest BCUT2D eigenvalue weighted by Crippen LogP contribution is 2.54. The SMILES string of the molecule is COCCC(C(=O)Cc1ccc(C(=O)OC)nc1)n1cc2c(cc1=O)-c1cc(Cl)ccc1CC1(CC1)CC2=O. The number of pyridine rings is 2. The minimum atomic E-state index is -0.852. The van der Waals surface area contributed by atoms with Crippen LogP contribution in [0.3, 0.4) is 0 Å². The first kappa shape index (κ1) is 27.0. The fraction of sp³-hybridized carbons (Fsp3) is 0.367. The summed E-state index contributed by atoms with van der Waals surface area (Å²) in [7, 11) is 2.80. The number of ketones is 2. The summed E-state index contributed by atoms with van der Waals surface area (Å²) >= 11 is 6.34. The molecule has 39 heavy (non-hydrogen) atoms. The number of nitrogens with zero attached hydrogens (tertiary/aromatic N) is 2. The van der Waals surface area contributed by atoms with Gasteiger partial charge in [-0.2, -0.15) is 0 Å². The van der Waals surface area contributed by atoms with Crippen molar-refractivity contribution < 1.29 is 23.9 Å². The Morgan fingerprint density at radius 2 is 1.85 bits per heavy atom. The second-order valence-corrected chi connectivity index (χ2v) is 10.8. The number of hydrogen-bond donors (Lipinski definition) is 0. The molecule has 2 heterocycles. The van der Waals surface area contributed by atoms with Crippen LogP contribution < -0.4 is 5.56 Å². The van der Waals surface area contributed by atoms with E-state index < -0.39 is 12.0 Å². The number of aromatic nitrogens is 2. The lowest BCUT2D eigenvalue weighted by molar-refractivity contribution is -0.122. The third-order valence-electron chi connectivity index (χ3n) is 7.70. The number of hydrogen-bond acceptors (Lipinski definition) is 7. The summed E-state index contributed by atoms with van der Waals surface area (Å²) in [5, 5.41) is 0.529. The molecule has 1 fully saturated rings. The van der Waals surface area contributed by atoms with Gasteiger partial charge in [0.2, 0.25) is 0 Å². The van der Waals surface area contributed by atoms with Gasteiger partial charge in [-0.1, -0.05) is 23.7 Å². The summed E-state index contributed by atoms with van der Waals surface area (Å²) in [4.78, 5) is 56.4. The molecule has 0 aliphatic heterocycles. The van der Waals surface area contributed by atoms with Gasteiger partial charge in [-0.15, -0.1) is 0 Å². The third kappa shape index (κ3) is 5.58. The van der Waals surface area contributed by atoms with Gasteiger partial charge in [0.05, 0.1) is 13.2 Å². The van der Waals surface area contributed by atoms with Crippen molar-refractivity contribution in [3.05, 3.63) is 86.6 Å². The van der Waals surface area contributed by atoms with E-state index in [2.05, 4.69) is 9.72 Å². The highest BCUT2D eigenvalue weighted by atomic mass is 35.5. The molecule has 1 atom stereocenters. The zero-order valence-electron chi connectivity index (χ0n) is 21.9. The first-order valence-electron chi connectivity index (χ1n) is 12.9. The van der Waals surface area contributed by atoms with Crippen LogP contribution in [-0.2, 0) is 27.1 Å². The Labute approximate surface area is 230 Å². The van der Waals surface area contributed by atoms with E-state index in [1.807, 2.05) is 18.2 Å². The molecule has 8 nitrogen and oxygen atoms in total. The van der Waals surface area contributed by atoms with Crippen LogP contribution in [0.25, 0.3) is 11.1 Å². The Morgan fingerprint density at radius 1 is 1.05 bits per heavy atom. The molecule has 2 aliphatic carbocycles. The van der Waals surface area contributed by atoms with E-state index in [0.717, 1.165) is 30.4 Å². The highest BCUT2D eigenvalue weighted by molar-refractivity contribution is 6.31. The zero-order chi connectivity index (χ0) is 27.7. The molecule has 0 radical (unpaired) electrons. The number of halogens is 1. The second kappa shape index (κ2) is 10.9. The second-order valence-electron chi connectivity index (χ2n) is 10.4. The molecule has 0 saturated heterocycles. The van der Waals surface area contributed by atoms with Crippen molar-refractivity contribution >= 4 is 29.1 Å². The predicted molar refractivity (Wildman–Crippen MR) is 145 cm³/mol. The number of methoxy groups -OCH3 is 2. The molecule has 1 aromatic carbocycles. The molecule has 0 bridgehead atoms. The maximum Gasteiger partial charge on any atom is 0.356 e. The first-order valence-corrected chi connectivity index (χ1v) is 13.2. The molecule has 2 aliphatic rings. The molecule has 5 rings (SSSR count). The number of carbonyl (C=O) groups excluding carboxylic acids is 3. The zero-order valence-corrected chi connectivity index (χ0v) is 22.6. The van der Waals surface area contributed by atoms with Crippen LogP contribution in [0.15, 0.2) is 53.6 Å². The summed E-state index contributed by atoms with van der Waals surface area (Å²) < 4.78 is 11.3. The van der Waals surface area contributed by atoms with E-state index >= 15 is 0 Å². The van der Waals surface area contributed by atoms with Gasteiger partial charge in [-0.05, 0) is 71.6 Å². The summed E-state index contributed by atoms with van der Waals surface area (Å²) in [6.45, 7) is 0.245. The van der Waals surface area contributed by atoms with Gasteiger partial charge < -0.3 is 14.0 Å². The van der Waals surface area contributed by atoms with Gasteiger partial charge in [0, 0.05) is 55.6 Å². The molecule has 9 heteroatoms. The quantitative estimate of drug-likeness (QED) is 0.377. The highest BCUT2D eigenvalue weighted by Gasteiger charge is 2.46. The molecule has 1 spiro atoms. The lowest BCUT2D eigenvalue weighted by atomic mass is 9.81. The molecule has 1 saturated carbocycles. The van der Waals surface area contributed by atoms with Crippen molar-refractivity contribution in [2.45, 2.75) is 44.6 Å². The summed E-state index contributed by atoms with van der Waals surface area (Å²) in [5.74, 6) is -0.844. The minimum Gasteiger partial charge on any atom is -0.464 e. The monoisotopic (exact) mass is 548 g/mol. The largest absolute Gasteiger partial charge is 0.464 e. The van der Waals surface area contributed by atoms with Gasteiger partial charge in [-0.3, -0.25) is 14.4 Å².